The number of carbonyl (C=O) groups is 2. The maximum absolute atomic E-state index is 13.6. The molecule has 4 aromatic rings. The number of nitrogens with one attached hydrogen (secondary N) is 1. The van der Waals surface area contributed by atoms with Gasteiger partial charge in [-0.2, -0.15) is 0 Å². The number of nitrogens with zero attached hydrogens (tertiary/aromatic N) is 1. The molecule has 1 amide bonds. The second-order valence-corrected chi connectivity index (χ2v) is 9.91. The van der Waals surface area contributed by atoms with Gasteiger partial charge >= 0.3 is 5.97 Å². The van der Waals surface area contributed by atoms with Crippen LogP contribution in [0.4, 0.5) is 5.00 Å². The number of aromatic nitrogens is 1. The molecule has 1 N–H and O–H groups in total. The van der Waals surface area contributed by atoms with Crippen LogP contribution in [0.3, 0.4) is 0 Å². The van der Waals surface area contributed by atoms with Gasteiger partial charge in [0.2, 0.25) is 0 Å². The highest BCUT2D eigenvalue weighted by Crippen LogP contribution is 2.39. The lowest BCUT2D eigenvalue weighted by Gasteiger charge is -2.14. The van der Waals surface area contributed by atoms with Crippen LogP contribution in [0.5, 0.6) is 0 Å². The number of amides is 1. The number of hydrogen-bond donors (Lipinski definition) is 1. The fourth-order valence-electron chi connectivity index (χ4n) is 4.38. The molecular weight excluding hydrogens is 448 g/mol. The lowest BCUT2D eigenvalue weighted by atomic mass is 9.95. The van der Waals surface area contributed by atoms with Crippen LogP contribution < -0.4 is 5.32 Å². The molecule has 7 heteroatoms. The molecule has 1 aliphatic rings. The monoisotopic (exact) mass is 474 g/mol. The van der Waals surface area contributed by atoms with Gasteiger partial charge in [-0.05, 0) is 76.3 Å². The molecule has 6 nitrogen and oxygen atoms in total. The van der Waals surface area contributed by atoms with Crippen LogP contribution in [0.15, 0.2) is 46.9 Å². The Balaban J connectivity index is 1.57. The number of pyridine rings is 1. The zero-order valence-corrected chi connectivity index (χ0v) is 20.3. The van der Waals surface area contributed by atoms with Gasteiger partial charge in [-0.3, -0.25) is 4.79 Å². The summed E-state index contributed by atoms with van der Waals surface area (Å²) in [5, 5.41) is 4.32. The van der Waals surface area contributed by atoms with Gasteiger partial charge in [-0.1, -0.05) is 18.2 Å². The Kier molecular flexibility index (Phi) is 5.96. The van der Waals surface area contributed by atoms with E-state index in [0.29, 0.717) is 33.1 Å². The summed E-state index contributed by atoms with van der Waals surface area (Å²) in [5.41, 5.74) is 3.28. The zero-order valence-electron chi connectivity index (χ0n) is 19.4. The Morgan fingerprint density at radius 2 is 1.91 bits per heavy atom. The van der Waals surface area contributed by atoms with Gasteiger partial charge in [0.15, 0.2) is 5.76 Å². The number of anilines is 1. The van der Waals surface area contributed by atoms with Crippen LogP contribution in [0.25, 0.3) is 22.4 Å². The SMILES string of the molecule is Cc1ccc(-c2cc(C(=O)Nc3sc4c(c3C(=O)OC(C)C)CCCC4)c3ccccc3n2)o1. The van der Waals surface area contributed by atoms with E-state index in [0.717, 1.165) is 47.3 Å². The van der Waals surface area contributed by atoms with Crippen LogP contribution in [-0.2, 0) is 17.6 Å². The number of thiophene rings is 1. The molecule has 3 aromatic heterocycles. The van der Waals surface area contributed by atoms with E-state index in [-0.39, 0.29) is 18.0 Å². The van der Waals surface area contributed by atoms with E-state index in [4.69, 9.17) is 14.1 Å². The Labute approximate surface area is 202 Å². The fourth-order valence-corrected chi connectivity index (χ4v) is 5.65. The third-order valence-electron chi connectivity index (χ3n) is 5.90. The van der Waals surface area contributed by atoms with Crippen molar-refractivity contribution in [2.24, 2.45) is 0 Å². The first-order valence-electron chi connectivity index (χ1n) is 11.5. The van der Waals surface area contributed by atoms with Gasteiger partial charge in [0, 0.05) is 10.3 Å². The van der Waals surface area contributed by atoms with Gasteiger partial charge in [-0.25, -0.2) is 9.78 Å². The topological polar surface area (TPSA) is 81.4 Å². The Morgan fingerprint density at radius 1 is 1.12 bits per heavy atom. The average molecular weight is 475 g/mol. The van der Waals surface area contributed by atoms with Crippen LogP contribution in [0.1, 0.15) is 63.6 Å². The fraction of sp³-hybridized carbons (Fsp3) is 0.296. The largest absolute Gasteiger partial charge is 0.460 e. The molecular formula is C27H26N2O4S. The average Bonchev–Trinajstić information content (AvgIpc) is 3.41. The second kappa shape index (κ2) is 9.06. The minimum absolute atomic E-state index is 0.237. The molecule has 3 heterocycles. The Hall–Kier alpha value is -3.45. The molecule has 0 aliphatic heterocycles. The van der Waals surface area contributed by atoms with Crippen LogP contribution in [-0.4, -0.2) is 23.0 Å². The molecule has 0 fully saturated rings. The summed E-state index contributed by atoms with van der Waals surface area (Å²) in [6.07, 6.45) is 3.61. The number of para-hydroxylation sites is 1. The number of furan rings is 1. The number of carbonyl (C=O) groups excluding carboxylic acids is 2. The minimum atomic E-state index is -0.379. The highest BCUT2D eigenvalue weighted by atomic mass is 32.1. The first-order valence-corrected chi connectivity index (χ1v) is 12.4. The van der Waals surface area contributed by atoms with Crippen molar-refractivity contribution in [3.63, 3.8) is 0 Å². The molecule has 0 unspecified atom stereocenters. The van der Waals surface area contributed by atoms with Crippen molar-refractivity contribution in [2.75, 3.05) is 5.32 Å². The number of esters is 1. The molecule has 174 valence electrons. The lowest BCUT2D eigenvalue weighted by Crippen LogP contribution is -2.18. The lowest BCUT2D eigenvalue weighted by molar-refractivity contribution is 0.0378. The van der Waals surface area contributed by atoms with Gasteiger partial charge in [-0.15, -0.1) is 11.3 Å². The van der Waals surface area contributed by atoms with Crippen molar-refractivity contribution in [1.82, 2.24) is 4.98 Å². The van der Waals surface area contributed by atoms with E-state index in [9.17, 15) is 9.59 Å². The van der Waals surface area contributed by atoms with Gasteiger partial charge in [0.05, 0.1) is 22.7 Å². The number of aryl methyl sites for hydroxylation is 2. The third-order valence-corrected chi connectivity index (χ3v) is 7.11. The van der Waals surface area contributed by atoms with E-state index in [1.807, 2.05) is 57.2 Å². The van der Waals surface area contributed by atoms with Gasteiger partial charge in [0.1, 0.15) is 16.5 Å². The number of ether oxygens (including phenoxy) is 1. The first-order chi connectivity index (χ1) is 16.4. The number of benzene rings is 1. The highest BCUT2D eigenvalue weighted by Gasteiger charge is 2.28. The molecule has 0 saturated carbocycles. The van der Waals surface area contributed by atoms with E-state index in [2.05, 4.69) is 5.32 Å². The second-order valence-electron chi connectivity index (χ2n) is 8.81. The molecule has 0 radical (unpaired) electrons. The van der Waals surface area contributed by atoms with Crippen LogP contribution in [0, 0.1) is 6.92 Å². The summed E-state index contributed by atoms with van der Waals surface area (Å²) in [5.74, 6) is 0.704. The number of rotatable bonds is 5. The molecule has 0 spiro atoms. The first kappa shape index (κ1) is 22.3. The molecule has 0 bridgehead atoms. The predicted octanol–water partition coefficient (Wildman–Crippen LogP) is 6.56. The maximum Gasteiger partial charge on any atom is 0.341 e. The van der Waals surface area contributed by atoms with Crippen LogP contribution in [0.2, 0.25) is 0 Å². The van der Waals surface area contributed by atoms with Crippen molar-refractivity contribution in [3.8, 4) is 11.5 Å². The molecule has 34 heavy (non-hydrogen) atoms. The van der Waals surface area contributed by atoms with E-state index in [1.54, 1.807) is 6.07 Å². The molecule has 0 atom stereocenters. The molecule has 1 aliphatic carbocycles. The van der Waals surface area contributed by atoms with E-state index >= 15 is 0 Å². The van der Waals surface area contributed by atoms with Crippen LogP contribution >= 0.6 is 11.3 Å². The number of fused-ring (bicyclic) bond motifs is 2. The summed E-state index contributed by atoms with van der Waals surface area (Å²) < 4.78 is 11.3. The van der Waals surface area contributed by atoms with Crippen molar-refractivity contribution in [1.29, 1.82) is 0 Å². The number of hydrogen-bond acceptors (Lipinski definition) is 6. The van der Waals surface area contributed by atoms with E-state index in [1.165, 1.54) is 11.3 Å². The summed E-state index contributed by atoms with van der Waals surface area (Å²) in [6.45, 7) is 5.53. The van der Waals surface area contributed by atoms with Gasteiger partial charge in [0.25, 0.3) is 5.91 Å². The van der Waals surface area contributed by atoms with Crippen molar-refractivity contribution in [2.45, 2.75) is 52.6 Å². The summed E-state index contributed by atoms with van der Waals surface area (Å²) >= 11 is 1.48. The molecule has 0 saturated heterocycles. The Bertz CT molecular complexity index is 1400. The van der Waals surface area contributed by atoms with E-state index < -0.39 is 0 Å². The smallest absolute Gasteiger partial charge is 0.341 e. The maximum atomic E-state index is 13.6. The predicted molar refractivity (Wildman–Crippen MR) is 134 cm³/mol. The van der Waals surface area contributed by atoms with Crippen molar-refractivity contribution < 1.29 is 18.7 Å². The minimum Gasteiger partial charge on any atom is -0.460 e. The summed E-state index contributed by atoms with van der Waals surface area (Å²) in [4.78, 5) is 32.5. The standard InChI is InChI=1S/C27H26N2O4S/c1-15(2)32-27(31)24-18-9-5-7-11-23(18)34-26(24)29-25(30)19-14-21(22-13-12-16(3)33-22)28-20-10-6-4-8-17(19)20/h4,6,8,10,12-15H,5,7,9,11H2,1-3H3,(H,29,30). The Morgan fingerprint density at radius 3 is 2.68 bits per heavy atom. The van der Waals surface area contributed by atoms with Crippen molar-refractivity contribution >= 4 is 39.1 Å². The van der Waals surface area contributed by atoms with Gasteiger partial charge < -0.3 is 14.5 Å². The highest BCUT2D eigenvalue weighted by molar-refractivity contribution is 7.17. The zero-order chi connectivity index (χ0) is 23.8. The third kappa shape index (κ3) is 4.23. The normalized spacial score (nSPS) is 13.2. The summed E-state index contributed by atoms with van der Waals surface area (Å²) in [6, 6.07) is 13.0. The molecule has 5 rings (SSSR count). The quantitative estimate of drug-likeness (QED) is 0.331. The van der Waals surface area contributed by atoms with Crippen molar-refractivity contribution in [3.05, 3.63) is 69.8 Å². The molecule has 1 aromatic carbocycles. The summed E-state index contributed by atoms with van der Waals surface area (Å²) in [7, 11) is 0.